The average Bonchev–Trinajstić information content (AvgIpc) is 3.04. The third-order valence-corrected chi connectivity index (χ3v) is 4.54. The number of rotatable bonds is 4. The van der Waals surface area contributed by atoms with Gasteiger partial charge in [0.2, 0.25) is 5.91 Å². The monoisotopic (exact) mass is 339 g/mol. The van der Waals surface area contributed by atoms with Gasteiger partial charge in [0.15, 0.2) is 0 Å². The standard InChI is InChI=1S/C20H25N3O2/c1-20(2,3)19(24)23-12-15(14-25-16-7-6-9-21-11-16)17(13-23)18-8-4-5-10-22-18/h4-11,15,17H,12-14H2,1-3H3/t15-,17+/m0/s1. The first-order valence-electron chi connectivity index (χ1n) is 8.68. The minimum absolute atomic E-state index is 0.178. The zero-order valence-corrected chi connectivity index (χ0v) is 15.1. The van der Waals surface area contributed by atoms with Crippen molar-refractivity contribution in [1.29, 1.82) is 0 Å². The third-order valence-electron chi connectivity index (χ3n) is 4.54. The predicted molar refractivity (Wildman–Crippen MR) is 96.2 cm³/mol. The van der Waals surface area contributed by atoms with Crippen LogP contribution in [-0.4, -0.2) is 40.5 Å². The van der Waals surface area contributed by atoms with E-state index in [1.807, 2.05) is 62.2 Å². The molecule has 2 aromatic rings. The maximum absolute atomic E-state index is 12.7. The van der Waals surface area contributed by atoms with Crippen LogP contribution in [0.4, 0.5) is 0 Å². The number of hydrogen-bond acceptors (Lipinski definition) is 4. The smallest absolute Gasteiger partial charge is 0.227 e. The van der Waals surface area contributed by atoms with E-state index in [0.29, 0.717) is 19.7 Å². The van der Waals surface area contributed by atoms with Gasteiger partial charge in [0.1, 0.15) is 5.75 Å². The molecule has 0 N–H and O–H groups in total. The Labute approximate surface area is 149 Å². The number of likely N-dealkylation sites (tertiary alicyclic amines) is 1. The molecular weight excluding hydrogens is 314 g/mol. The lowest BCUT2D eigenvalue weighted by atomic mass is 9.93. The summed E-state index contributed by atoms with van der Waals surface area (Å²) in [5.74, 6) is 1.32. The van der Waals surface area contributed by atoms with Gasteiger partial charge in [-0.1, -0.05) is 26.8 Å². The summed E-state index contributed by atoms with van der Waals surface area (Å²) in [6.45, 7) is 7.81. The average molecular weight is 339 g/mol. The molecule has 2 aromatic heterocycles. The molecule has 5 nitrogen and oxygen atoms in total. The molecule has 0 aromatic carbocycles. The molecule has 0 saturated carbocycles. The fourth-order valence-corrected chi connectivity index (χ4v) is 3.25. The Kier molecular flexibility index (Phi) is 5.02. The van der Waals surface area contributed by atoms with Crippen molar-refractivity contribution in [2.75, 3.05) is 19.7 Å². The highest BCUT2D eigenvalue weighted by molar-refractivity contribution is 5.82. The molecule has 0 spiro atoms. The summed E-state index contributed by atoms with van der Waals surface area (Å²) in [5.41, 5.74) is 0.639. The maximum atomic E-state index is 12.7. The molecule has 1 saturated heterocycles. The van der Waals surface area contributed by atoms with Crippen molar-refractivity contribution in [2.24, 2.45) is 11.3 Å². The van der Waals surface area contributed by atoms with Crippen molar-refractivity contribution in [1.82, 2.24) is 14.9 Å². The van der Waals surface area contributed by atoms with Crippen molar-refractivity contribution in [3.8, 4) is 5.75 Å². The topological polar surface area (TPSA) is 55.3 Å². The minimum Gasteiger partial charge on any atom is -0.492 e. The molecule has 25 heavy (non-hydrogen) atoms. The Balaban J connectivity index is 1.76. The molecule has 1 aliphatic heterocycles. The van der Waals surface area contributed by atoms with Gasteiger partial charge in [-0.15, -0.1) is 0 Å². The van der Waals surface area contributed by atoms with Crippen LogP contribution in [0.5, 0.6) is 5.75 Å². The van der Waals surface area contributed by atoms with Gasteiger partial charge in [-0.05, 0) is 24.3 Å². The Morgan fingerprint density at radius 1 is 1.20 bits per heavy atom. The summed E-state index contributed by atoms with van der Waals surface area (Å²) in [6, 6.07) is 9.70. The minimum atomic E-state index is -0.381. The fourth-order valence-electron chi connectivity index (χ4n) is 3.25. The van der Waals surface area contributed by atoms with Gasteiger partial charge in [0, 0.05) is 48.4 Å². The van der Waals surface area contributed by atoms with Crippen LogP contribution in [0.25, 0.3) is 0 Å². The largest absolute Gasteiger partial charge is 0.492 e. The molecule has 0 radical (unpaired) electrons. The SMILES string of the molecule is CC(C)(C)C(=O)N1C[C@@H](COc2cccnc2)[C@H](c2ccccn2)C1. The van der Waals surface area contributed by atoms with Crippen LogP contribution >= 0.6 is 0 Å². The second-order valence-electron chi connectivity index (χ2n) is 7.58. The third kappa shape index (κ3) is 4.16. The second-order valence-corrected chi connectivity index (χ2v) is 7.58. The Hall–Kier alpha value is -2.43. The van der Waals surface area contributed by atoms with Gasteiger partial charge in [0.05, 0.1) is 12.8 Å². The molecule has 132 valence electrons. The lowest BCUT2D eigenvalue weighted by Gasteiger charge is -2.25. The number of pyridine rings is 2. The number of amides is 1. The molecule has 0 unspecified atom stereocenters. The number of carbonyl (C=O) groups is 1. The van der Waals surface area contributed by atoms with Crippen LogP contribution in [0.2, 0.25) is 0 Å². The zero-order valence-electron chi connectivity index (χ0n) is 15.1. The van der Waals surface area contributed by atoms with Gasteiger partial charge in [-0.25, -0.2) is 0 Å². The number of carbonyl (C=O) groups excluding carboxylic acids is 1. The van der Waals surface area contributed by atoms with Crippen LogP contribution in [0, 0.1) is 11.3 Å². The predicted octanol–water partition coefficient (Wildman–Crippen LogP) is 3.14. The van der Waals surface area contributed by atoms with Gasteiger partial charge < -0.3 is 9.64 Å². The van der Waals surface area contributed by atoms with E-state index >= 15 is 0 Å². The van der Waals surface area contributed by atoms with Gasteiger partial charge in [0.25, 0.3) is 0 Å². The first-order chi connectivity index (χ1) is 11.9. The summed E-state index contributed by atoms with van der Waals surface area (Å²) in [6.07, 6.45) is 5.24. The zero-order chi connectivity index (χ0) is 17.9. The summed E-state index contributed by atoms with van der Waals surface area (Å²) in [7, 11) is 0. The van der Waals surface area contributed by atoms with E-state index in [2.05, 4.69) is 9.97 Å². The number of nitrogens with zero attached hydrogens (tertiary/aromatic N) is 3. The first kappa shape index (κ1) is 17.4. The molecule has 0 bridgehead atoms. The number of aromatic nitrogens is 2. The summed E-state index contributed by atoms with van der Waals surface area (Å²) in [4.78, 5) is 23.3. The quantitative estimate of drug-likeness (QED) is 0.859. The van der Waals surface area contributed by atoms with E-state index in [0.717, 1.165) is 11.4 Å². The van der Waals surface area contributed by atoms with E-state index < -0.39 is 0 Å². The van der Waals surface area contributed by atoms with Crippen LogP contribution < -0.4 is 4.74 Å². The fraction of sp³-hybridized carbons (Fsp3) is 0.450. The van der Waals surface area contributed by atoms with Crippen LogP contribution in [-0.2, 0) is 4.79 Å². The lowest BCUT2D eigenvalue weighted by molar-refractivity contribution is -0.138. The number of hydrogen-bond donors (Lipinski definition) is 0. The van der Waals surface area contributed by atoms with E-state index in [9.17, 15) is 4.79 Å². The van der Waals surface area contributed by atoms with Crippen molar-refractivity contribution in [2.45, 2.75) is 26.7 Å². The molecule has 3 heterocycles. The summed E-state index contributed by atoms with van der Waals surface area (Å²) in [5, 5.41) is 0. The Morgan fingerprint density at radius 2 is 2.04 bits per heavy atom. The van der Waals surface area contributed by atoms with Crippen molar-refractivity contribution in [3.63, 3.8) is 0 Å². The highest BCUT2D eigenvalue weighted by atomic mass is 16.5. The van der Waals surface area contributed by atoms with E-state index in [-0.39, 0.29) is 23.2 Å². The van der Waals surface area contributed by atoms with Crippen LogP contribution in [0.1, 0.15) is 32.4 Å². The molecule has 2 atom stereocenters. The normalized spacial score (nSPS) is 20.5. The molecule has 1 aliphatic rings. The molecule has 1 amide bonds. The molecule has 0 aliphatic carbocycles. The van der Waals surface area contributed by atoms with Crippen molar-refractivity contribution < 1.29 is 9.53 Å². The van der Waals surface area contributed by atoms with Crippen molar-refractivity contribution in [3.05, 3.63) is 54.6 Å². The van der Waals surface area contributed by atoms with Gasteiger partial charge >= 0.3 is 0 Å². The highest BCUT2D eigenvalue weighted by Crippen LogP contribution is 2.34. The second kappa shape index (κ2) is 7.21. The van der Waals surface area contributed by atoms with Gasteiger partial charge in [-0.2, -0.15) is 0 Å². The Bertz CT molecular complexity index is 698. The lowest BCUT2D eigenvalue weighted by Crippen LogP contribution is -2.38. The number of ether oxygens (including phenoxy) is 1. The maximum Gasteiger partial charge on any atom is 0.227 e. The molecule has 5 heteroatoms. The summed E-state index contributed by atoms with van der Waals surface area (Å²) < 4.78 is 5.93. The highest BCUT2D eigenvalue weighted by Gasteiger charge is 2.40. The summed E-state index contributed by atoms with van der Waals surface area (Å²) >= 11 is 0. The van der Waals surface area contributed by atoms with Crippen LogP contribution in [0.15, 0.2) is 48.9 Å². The first-order valence-corrected chi connectivity index (χ1v) is 8.68. The van der Waals surface area contributed by atoms with Gasteiger partial charge in [-0.3, -0.25) is 14.8 Å². The van der Waals surface area contributed by atoms with Crippen molar-refractivity contribution >= 4 is 5.91 Å². The Morgan fingerprint density at radius 3 is 2.68 bits per heavy atom. The molecule has 1 fully saturated rings. The van der Waals surface area contributed by atoms with E-state index in [1.54, 1.807) is 12.4 Å². The molecular formula is C20H25N3O2. The molecule has 3 rings (SSSR count). The van der Waals surface area contributed by atoms with E-state index in [1.165, 1.54) is 0 Å². The van der Waals surface area contributed by atoms with E-state index in [4.69, 9.17) is 4.74 Å². The van der Waals surface area contributed by atoms with Crippen LogP contribution in [0.3, 0.4) is 0 Å².